The molecule has 6 nitrogen and oxygen atoms in total. The van der Waals surface area contributed by atoms with E-state index in [9.17, 15) is 4.79 Å². The number of allylic oxidation sites excluding steroid dienone is 1. The highest BCUT2D eigenvalue weighted by Crippen LogP contribution is 2.38. The highest BCUT2D eigenvalue weighted by atomic mass is 16.7. The smallest absolute Gasteiger partial charge is 0.341 e. The molecule has 2 aromatic rings. The molecular formula is C20H24O6. The first-order valence-corrected chi connectivity index (χ1v) is 8.90. The van der Waals surface area contributed by atoms with E-state index < -0.39 is 12.6 Å². The van der Waals surface area contributed by atoms with E-state index in [2.05, 4.69) is 0 Å². The van der Waals surface area contributed by atoms with Crippen molar-refractivity contribution in [1.82, 2.24) is 0 Å². The van der Waals surface area contributed by atoms with Gasteiger partial charge in [-0.1, -0.05) is 18.2 Å². The summed E-state index contributed by atoms with van der Waals surface area (Å²) in [6.07, 6.45) is 6.36. The van der Waals surface area contributed by atoms with Crippen molar-refractivity contribution in [3.63, 3.8) is 0 Å². The fraction of sp³-hybridized carbons (Fsp3) is 0.450. The van der Waals surface area contributed by atoms with Gasteiger partial charge in [0.15, 0.2) is 24.2 Å². The molecule has 1 aromatic carbocycles. The van der Waals surface area contributed by atoms with Crippen molar-refractivity contribution in [3.8, 4) is 5.75 Å². The van der Waals surface area contributed by atoms with Gasteiger partial charge in [0.25, 0.3) is 0 Å². The van der Waals surface area contributed by atoms with Gasteiger partial charge in [-0.05, 0) is 45.3 Å². The maximum Gasteiger partial charge on any atom is 0.341 e. The summed E-state index contributed by atoms with van der Waals surface area (Å²) in [6, 6.07) is 5.45. The summed E-state index contributed by atoms with van der Waals surface area (Å²) >= 11 is 0. The van der Waals surface area contributed by atoms with Crippen LogP contribution in [0.15, 0.2) is 28.7 Å². The van der Waals surface area contributed by atoms with Crippen LogP contribution in [0.4, 0.5) is 0 Å². The van der Waals surface area contributed by atoms with Crippen LogP contribution in [0.2, 0.25) is 0 Å². The van der Waals surface area contributed by atoms with Crippen molar-refractivity contribution >= 4 is 23.0 Å². The molecule has 0 amide bonds. The van der Waals surface area contributed by atoms with Gasteiger partial charge >= 0.3 is 5.97 Å². The number of rotatable bonds is 7. The monoisotopic (exact) mass is 360 g/mol. The minimum atomic E-state index is -1.03. The third-order valence-electron chi connectivity index (χ3n) is 4.32. The summed E-state index contributed by atoms with van der Waals surface area (Å²) in [5.41, 5.74) is 1.44. The van der Waals surface area contributed by atoms with Crippen molar-refractivity contribution in [3.05, 3.63) is 35.6 Å². The van der Waals surface area contributed by atoms with Crippen LogP contribution >= 0.6 is 0 Å². The van der Waals surface area contributed by atoms with Gasteiger partial charge < -0.3 is 23.7 Å². The van der Waals surface area contributed by atoms with Crippen LogP contribution in [0.25, 0.3) is 17.0 Å². The third-order valence-corrected chi connectivity index (χ3v) is 4.32. The molecule has 3 rings (SSSR count). The van der Waals surface area contributed by atoms with Crippen LogP contribution in [-0.2, 0) is 14.3 Å². The number of carbonyl (C=O) groups is 1. The van der Waals surface area contributed by atoms with Gasteiger partial charge in [0, 0.05) is 17.6 Å². The molecular weight excluding hydrogens is 336 g/mol. The first-order valence-electron chi connectivity index (χ1n) is 8.90. The Hall–Kier alpha value is -2.31. The average molecular weight is 360 g/mol. The Morgan fingerprint density at radius 2 is 2.27 bits per heavy atom. The summed E-state index contributed by atoms with van der Waals surface area (Å²) in [7, 11) is 0. The lowest BCUT2D eigenvalue weighted by Gasteiger charge is -2.26. The fourth-order valence-corrected chi connectivity index (χ4v) is 3.19. The van der Waals surface area contributed by atoms with Crippen LogP contribution in [0.1, 0.15) is 50.5 Å². The Kier molecular flexibility index (Phi) is 5.96. The normalized spacial score (nSPS) is 19.1. The average Bonchev–Trinajstić information content (AvgIpc) is 2.99. The number of benzene rings is 1. The Morgan fingerprint density at radius 3 is 2.96 bits per heavy atom. The van der Waals surface area contributed by atoms with Crippen LogP contribution in [0.3, 0.4) is 0 Å². The quantitative estimate of drug-likeness (QED) is 0.781. The topological polar surface area (TPSA) is 78.1 Å². The second kappa shape index (κ2) is 8.38. The lowest BCUT2D eigenvalue weighted by Crippen LogP contribution is -2.23. The molecule has 0 spiro atoms. The number of furan rings is 1. The number of carboxylic acids is 1. The van der Waals surface area contributed by atoms with E-state index in [0.29, 0.717) is 17.1 Å². The first-order chi connectivity index (χ1) is 12.6. The number of carboxylic acid groups (broad SMARTS) is 1. The van der Waals surface area contributed by atoms with Gasteiger partial charge in [-0.2, -0.15) is 0 Å². The minimum Gasteiger partial charge on any atom is -0.479 e. The molecule has 1 saturated heterocycles. The molecule has 1 aliphatic rings. The molecule has 26 heavy (non-hydrogen) atoms. The Bertz CT molecular complexity index is 785. The molecule has 2 unspecified atom stereocenters. The number of aliphatic carboxylic acids is 1. The second-order valence-electron chi connectivity index (χ2n) is 6.27. The first kappa shape index (κ1) is 18.5. The summed E-state index contributed by atoms with van der Waals surface area (Å²) in [6.45, 7) is 4.18. The summed E-state index contributed by atoms with van der Waals surface area (Å²) in [5.74, 6) is 0.0498. The Morgan fingerprint density at radius 1 is 1.42 bits per heavy atom. The minimum absolute atomic E-state index is 0.214. The number of hydrogen-bond acceptors (Lipinski definition) is 5. The van der Waals surface area contributed by atoms with Gasteiger partial charge in [0.1, 0.15) is 5.76 Å². The standard InChI is InChI=1S/C20H24O6/c1-3-7-15-19(13(2)25-18-10-4-5-11-23-18)14-8-6-9-16(20(14)26-15)24-12-17(21)22/h3,6-9,13,18H,4-5,10-12H2,1-2H3,(H,21,22). The van der Waals surface area contributed by atoms with E-state index in [1.165, 1.54) is 0 Å². The lowest BCUT2D eigenvalue weighted by atomic mass is 10.0. The van der Waals surface area contributed by atoms with E-state index in [1.54, 1.807) is 6.07 Å². The molecule has 2 atom stereocenters. The number of ether oxygens (including phenoxy) is 3. The zero-order valence-corrected chi connectivity index (χ0v) is 15.1. The molecule has 0 radical (unpaired) electrons. The summed E-state index contributed by atoms with van der Waals surface area (Å²) in [5, 5.41) is 9.71. The van der Waals surface area contributed by atoms with E-state index in [4.69, 9.17) is 23.7 Å². The van der Waals surface area contributed by atoms with E-state index in [1.807, 2.05) is 38.1 Å². The number of fused-ring (bicyclic) bond motifs is 1. The van der Waals surface area contributed by atoms with Gasteiger partial charge in [-0.3, -0.25) is 0 Å². The lowest BCUT2D eigenvalue weighted by molar-refractivity contribution is -0.185. The number of para-hydroxylation sites is 1. The van der Waals surface area contributed by atoms with Crippen LogP contribution in [0.5, 0.6) is 5.75 Å². The molecule has 1 fully saturated rings. The SMILES string of the molecule is CC=Cc1oc2c(OCC(=O)O)cccc2c1C(C)OC1CCCCO1. The van der Waals surface area contributed by atoms with Crippen molar-refractivity contribution < 1.29 is 28.5 Å². The van der Waals surface area contributed by atoms with Crippen molar-refractivity contribution in [2.75, 3.05) is 13.2 Å². The number of hydrogen-bond donors (Lipinski definition) is 1. The van der Waals surface area contributed by atoms with Gasteiger partial charge in [-0.15, -0.1) is 0 Å². The molecule has 6 heteroatoms. The van der Waals surface area contributed by atoms with Crippen LogP contribution < -0.4 is 4.74 Å². The zero-order valence-electron chi connectivity index (χ0n) is 15.1. The molecule has 1 N–H and O–H groups in total. The maximum absolute atomic E-state index is 10.8. The molecule has 2 heterocycles. The largest absolute Gasteiger partial charge is 0.479 e. The van der Waals surface area contributed by atoms with Crippen molar-refractivity contribution in [2.45, 2.75) is 45.5 Å². The second-order valence-corrected chi connectivity index (χ2v) is 6.27. The maximum atomic E-state index is 10.8. The molecule has 0 saturated carbocycles. The molecule has 140 valence electrons. The Balaban J connectivity index is 1.95. The predicted molar refractivity (Wildman–Crippen MR) is 97.1 cm³/mol. The zero-order chi connectivity index (χ0) is 18.5. The fourth-order valence-electron chi connectivity index (χ4n) is 3.19. The van der Waals surface area contributed by atoms with Crippen molar-refractivity contribution in [2.24, 2.45) is 0 Å². The highest BCUT2D eigenvalue weighted by molar-refractivity contribution is 5.89. The van der Waals surface area contributed by atoms with Gasteiger partial charge in [0.05, 0.1) is 6.10 Å². The van der Waals surface area contributed by atoms with Gasteiger partial charge in [-0.25, -0.2) is 4.79 Å². The third kappa shape index (κ3) is 4.08. The van der Waals surface area contributed by atoms with Gasteiger partial charge in [0.2, 0.25) is 0 Å². The van der Waals surface area contributed by atoms with Crippen molar-refractivity contribution in [1.29, 1.82) is 0 Å². The van der Waals surface area contributed by atoms with Crippen LogP contribution in [0, 0.1) is 0 Å². The Labute approximate surface area is 152 Å². The molecule has 1 aromatic heterocycles. The molecule has 0 bridgehead atoms. The van der Waals surface area contributed by atoms with E-state index in [0.717, 1.165) is 36.8 Å². The predicted octanol–water partition coefficient (Wildman–Crippen LogP) is 4.53. The summed E-state index contributed by atoms with van der Waals surface area (Å²) < 4.78 is 23.2. The highest BCUT2D eigenvalue weighted by Gasteiger charge is 2.25. The van der Waals surface area contributed by atoms with E-state index in [-0.39, 0.29) is 12.4 Å². The van der Waals surface area contributed by atoms with Crippen LogP contribution in [-0.4, -0.2) is 30.6 Å². The summed E-state index contributed by atoms with van der Waals surface area (Å²) in [4.78, 5) is 10.8. The molecule has 0 aliphatic carbocycles. The molecule has 1 aliphatic heterocycles. The van der Waals surface area contributed by atoms with E-state index >= 15 is 0 Å².